The van der Waals surface area contributed by atoms with E-state index < -0.39 is 22.0 Å². The van der Waals surface area contributed by atoms with E-state index in [9.17, 15) is 13.2 Å². The first-order valence-electron chi connectivity index (χ1n) is 7.14. The normalized spacial score (nSPS) is 19.2. The maximum Gasteiger partial charge on any atom is 0.304 e. The summed E-state index contributed by atoms with van der Waals surface area (Å²) in [6.07, 6.45) is 6.54. The van der Waals surface area contributed by atoms with Gasteiger partial charge >= 0.3 is 5.97 Å². The average Bonchev–Trinajstić information content (AvgIpc) is 2.28. The Hall–Kier alpha value is -0.620. The molecule has 1 aliphatic rings. The third kappa shape index (κ3) is 6.92. The summed E-state index contributed by atoms with van der Waals surface area (Å²) in [5, 5.41) is 8.79. The van der Waals surface area contributed by atoms with Crippen LogP contribution in [0.3, 0.4) is 0 Å². The van der Waals surface area contributed by atoms with Crippen molar-refractivity contribution in [3.05, 3.63) is 0 Å². The van der Waals surface area contributed by atoms with Crippen LogP contribution in [0.1, 0.15) is 58.3 Å². The van der Waals surface area contributed by atoms with Crippen molar-refractivity contribution in [2.75, 3.05) is 5.75 Å². The van der Waals surface area contributed by atoms with Crippen molar-refractivity contribution in [2.45, 2.75) is 64.3 Å². The van der Waals surface area contributed by atoms with E-state index in [1.165, 1.54) is 6.42 Å². The number of sulfonamides is 1. The fourth-order valence-corrected chi connectivity index (χ4v) is 4.49. The second-order valence-electron chi connectivity index (χ2n) is 5.49. The molecule has 1 rings (SSSR count). The second-order valence-corrected chi connectivity index (χ2v) is 7.29. The summed E-state index contributed by atoms with van der Waals surface area (Å²) in [7, 11) is -3.36. The molecule has 1 aliphatic carbocycles. The number of nitrogens with one attached hydrogen (secondary N) is 1. The fraction of sp³-hybridized carbons (Fsp3) is 0.923. The molecule has 5 nitrogen and oxygen atoms in total. The number of aliphatic carboxylic acids is 1. The maximum atomic E-state index is 12.1. The second kappa shape index (κ2) is 7.85. The largest absolute Gasteiger partial charge is 0.481 e. The summed E-state index contributed by atoms with van der Waals surface area (Å²) in [5.74, 6) is -0.579. The van der Waals surface area contributed by atoms with E-state index in [2.05, 4.69) is 4.72 Å². The minimum absolute atomic E-state index is 0.141. The molecular formula is C13H25NO4S. The zero-order valence-electron chi connectivity index (χ0n) is 11.6. The number of hydrogen-bond donors (Lipinski definition) is 2. The maximum absolute atomic E-state index is 12.1. The van der Waals surface area contributed by atoms with Crippen LogP contribution < -0.4 is 4.72 Å². The molecule has 1 atom stereocenters. The first-order valence-corrected chi connectivity index (χ1v) is 8.80. The summed E-state index contributed by atoms with van der Waals surface area (Å²) in [4.78, 5) is 10.7. The lowest BCUT2D eigenvalue weighted by atomic mass is 9.91. The standard InChI is InChI=1S/C13H25NO4S/c1-2-6-12(9-13(15)16)14-19(17,18)10-11-7-4-3-5-8-11/h11-12,14H,2-10H2,1H3,(H,15,16). The summed E-state index contributed by atoms with van der Waals surface area (Å²) in [6.45, 7) is 1.92. The highest BCUT2D eigenvalue weighted by Gasteiger charge is 2.24. The number of carbonyl (C=O) groups is 1. The smallest absolute Gasteiger partial charge is 0.304 e. The Morgan fingerprint density at radius 2 is 1.95 bits per heavy atom. The van der Waals surface area contributed by atoms with Crippen LogP contribution in [0, 0.1) is 5.92 Å². The summed E-state index contributed by atoms with van der Waals surface area (Å²) in [5.41, 5.74) is 0. The van der Waals surface area contributed by atoms with Crippen LogP contribution in [0.2, 0.25) is 0 Å². The monoisotopic (exact) mass is 291 g/mol. The quantitative estimate of drug-likeness (QED) is 0.717. The van der Waals surface area contributed by atoms with Crippen LogP contribution in [0.15, 0.2) is 0 Å². The van der Waals surface area contributed by atoms with Crippen molar-refractivity contribution in [1.29, 1.82) is 0 Å². The summed E-state index contributed by atoms with van der Waals surface area (Å²) >= 11 is 0. The van der Waals surface area contributed by atoms with Gasteiger partial charge in [-0.15, -0.1) is 0 Å². The molecule has 1 unspecified atom stereocenters. The molecule has 0 aromatic rings. The molecule has 0 aromatic heterocycles. The SMILES string of the molecule is CCCC(CC(=O)O)NS(=O)(=O)CC1CCCCC1. The molecule has 19 heavy (non-hydrogen) atoms. The predicted octanol–water partition coefficient (Wildman–Crippen LogP) is 2.13. The lowest BCUT2D eigenvalue weighted by Crippen LogP contribution is -2.39. The van der Waals surface area contributed by atoms with Gasteiger partial charge in [0.1, 0.15) is 0 Å². The van der Waals surface area contributed by atoms with Crippen LogP contribution in [-0.4, -0.2) is 31.3 Å². The molecule has 0 radical (unpaired) electrons. The van der Waals surface area contributed by atoms with Crippen LogP contribution in [0.25, 0.3) is 0 Å². The fourth-order valence-electron chi connectivity index (χ4n) is 2.73. The highest BCUT2D eigenvalue weighted by molar-refractivity contribution is 7.89. The van der Waals surface area contributed by atoms with Gasteiger partial charge in [0.15, 0.2) is 0 Å². The van der Waals surface area contributed by atoms with E-state index in [1.54, 1.807) is 0 Å². The minimum Gasteiger partial charge on any atom is -0.481 e. The van der Waals surface area contributed by atoms with Crippen molar-refractivity contribution >= 4 is 16.0 Å². The number of rotatable bonds is 8. The van der Waals surface area contributed by atoms with E-state index in [0.717, 1.165) is 32.1 Å². The first kappa shape index (κ1) is 16.4. The number of carboxylic acid groups (broad SMARTS) is 1. The van der Waals surface area contributed by atoms with Gasteiger partial charge in [-0.25, -0.2) is 13.1 Å². The molecule has 6 heteroatoms. The van der Waals surface area contributed by atoms with Crippen LogP contribution in [0.4, 0.5) is 0 Å². The Bertz CT molecular complexity index is 374. The average molecular weight is 291 g/mol. The van der Waals surface area contributed by atoms with Gasteiger partial charge in [0, 0.05) is 6.04 Å². The molecule has 1 saturated carbocycles. The zero-order valence-corrected chi connectivity index (χ0v) is 12.4. The molecule has 0 spiro atoms. The van der Waals surface area contributed by atoms with E-state index >= 15 is 0 Å². The van der Waals surface area contributed by atoms with Gasteiger partial charge in [0.05, 0.1) is 12.2 Å². The molecule has 0 bridgehead atoms. The molecule has 0 heterocycles. The van der Waals surface area contributed by atoms with Crippen LogP contribution in [-0.2, 0) is 14.8 Å². The highest BCUT2D eigenvalue weighted by atomic mass is 32.2. The highest BCUT2D eigenvalue weighted by Crippen LogP contribution is 2.24. The summed E-state index contributed by atoms with van der Waals surface area (Å²) in [6, 6.07) is -0.476. The van der Waals surface area contributed by atoms with Crippen molar-refractivity contribution < 1.29 is 18.3 Å². The predicted molar refractivity (Wildman–Crippen MR) is 74.4 cm³/mol. The van der Waals surface area contributed by atoms with Gasteiger partial charge in [0.2, 0.25) is 10.0 Å². The van der Waals surface area contributed by atoms with E-state index in [4.69, 9.17) is 5.11 Å². The van der Waals surface area contributed by atoms with Crippen molar-refractivity contribution in [1.82, 2.24) is 4.72 Å². The van der Waals surface area contributed by atoms with Crippen LogP contribution in [0.5, 0.6) is 0 Å². The minimum atomic E-state index is -3.36. The lowest BCUT2D eigenvalue weighted by molar-refractivity contribution is -0.137. The van der Waals surface area contributed by atoms with Gasteiger partial charge in [-0.05, 0) is 25.2 Å². The van der Waals surface area contributed by atoms with E-state index in [0.29, 0.717) is 6.42 Å². The van der Waals surface area contributed by atoms with Gasteiger partial charge in [-0.1, -0.05) is 32.6 Å². The topological polar surface area (TPSA) is 83.5 Å². The molecule has 2 N–H and O–H groups in total. The van der Waals surface area contributed by atoms with Gasteiger partial charge in [-0.2, -0.15) is 0 Å². The Morgan fingerprint density at radius 3 is 2.47 bits per heavy atom. The Balaban J connectivity index is 2.51. The molecule has 0 amide bonds. The molecule has 0 saturated heterocycles. The molecule has 1 fully saturated rings. The van der Waals surface area contributed by atoms with Crippen LogP contribution >= 0.6 is 0 Å². The zero-order chi connectivity index (χ0) is 14.3. The lowest BCUT2D eigenvalue weighted by Gasteiger charge is -2.23. The Labute approximate surface area is 115 Å². The van der Waals surface area contributed by atoms with Gasteiger partial charge in [-0.3, -0.25) is 4.79 Å². The van der Waals surface area contributed by atoms with Crippen molar-refractivity contribution in [2.24, 2.45) is 5.92 Å². The third-order valence-electron chi connectivity index (χ3n) is 3.58. The molecule has 112 valence electrons. The Morgan fingerprint density at radius 1 is 1.32 bits per heavy atom. The Kier molecular flexibility index (Phi) is 6.79. The van der Waals surface area contributed by atoms with Crippen molar-refractivity contribution in [3.8, 4) is 0 Å². The number of hydrogen-bond acceptors (Lipinski definition) is 3. The third-order valence-corrected chi connectivity index (χ3v) is 5.19. The van der Waals surface area contributed by atoms with Gasteiger partial charge < -0.3 is 5.11 Å². The number of carboxylic acids is 1. The van der Waals surface area contributed by atoms with E-state index in [-0.39, 0.29) is 18.1 Å². The van der Waals surface area contributed by atoms with Gasteiger partial charge in [0.25, 0.3) is 0 Å². The summed E-state index contributed by atoms with van der Waals surface area (Å²) < 4.78 is 26.7. The van der Waals surface area contributed by atoms with E-state index in [1.807, 2.05) is 6.92 Å². The molecule has 0 aliphatic heterocycles. The van der Waals surface area contributed by atoms with Crippen molar-refractivity contribution in [3.63, 3.8) is 0 Å². The first-order chi connectivity index (χ1) is 8.93. The molecule has 0 aromatic carbocycles. The molecular weight excluding hydrogens is 266 g/mol.